The van der Waals surface area contributed by atoms with Gasteiger partial charge in [-0.2, -0.15) is 0 Å². The van der Waals surface area contributed by atoms with E-state index in [-0.39, 0.29) is 18.4 Å². The van der Waals surface area contributed by atoms with E-state index in [4.69, 9.17) is 10.2 Å². The van der Waals surface area contributed by atoms with E-state index in [1.165, 1.54) is 12.1 Å². The minimum Gasteiger partial charge on any atom is -0.481 e. The van der Waals surface area contributed by atoms with Crippen LogP contribution in [0.3, 0.4) is 0 Å². The van der Waals surface area contributed by atoms with Gasteiger partial charge in [0.25, 0.3) is 0 Å². The van der Waals surface area contributed by atoms with Gasteiger partial charge in [0.05, 0.1) is 18.9 Å². The van der Waals surface area contributed by atoms with Crippen LogP contribution in [0.5, 0.6) is 0 Å². The molecule has 0 radical (unpaired) electrons. The lowest BCUT2D eigenvalue weighted by molar-refractivity contribution is -0.138. The first-order valence-electron chi connectivity index (χ1n) is 9.89. The van der Waals surface area contributed by atoms with Crippen LogP contribution < -0.4 is 9.80 Å². The van der Waals surface area contributed by atoms with Gasteiger partial charge in [-0.15, -0.1) is 0 Å². The molecule has 0 fully saturated rings. The summed E-state index contributed by atoms with van der Waals surface area (Å²) in [5.74, 6) is -1.78. The molecule has 11 nitrogen and oxygen atoms in total. The monoisotopic (exact) mass is 431 g/mol. The predicted molar refractivity (Wildman–Crippen MR) is 111 cm³/mol. The molecule has 2 aliphatic heterocycles. The largest absolute Gasteiger partial charge is 0.481 e. The van der Waals surface area contributed by atoms with Gasteiger partial charge in [-0.1, -0.05) is 0 Å². The van der Waals surface area contributed by atoms with Crippen molar-refractivity contribution in [2.45, 2.75) is 25.7 Å². The number of aromatic carboxylic acids is 1. The van der Waals surface area contributed by atoms with Gasteiger partial charge >= 0.3 is 17.9 Å². The summed E-state index contributed by atoms with van der Waals surface area (Å²) in [6.45, 7) is 2.05. The number of rotatable bonds is 11. The second kappa shape index (κ2) is 9.83. The highest BCUT2D eigenvalue weighted by molar-refractivity contribution is 5.89. The molecule has 0 unspecified atom stereocenters. The van der Waals surface area contributed by atoms with Gasteiger partial charge in [0, 0.05) is 50.7 Å². The van der Waals surface area contributed by atoms with Crippen LogP contribution in [0.15, 0.2) is 36.9 Å². The molecule has 3 rings (SSSR count). The Morgan fingerprint density at radius 2 is 1.23 bits per heavy atom. The Labute approximate surface area is 179 Å². The molecular weight excluding hydrogens is 406 g/mol. The first-order chi connectivity index (χ1) is 14.8. The van der Waals surface area contributed by atoms with Crippen molar-refractivity contribution in [1.29, 1.82) is 0 Å². The maximum Gasteiger partial charge on any atom is 0.335 e. The van der Waals surface area contributed by atoms with Gasteiger partial charge in [0.1, 0.15) is 11.6 Å². The Morgan fingerprint density at radius 1 is 0.774 bits per heavy atom. The first kappa shape index (κ1) is 21.9. The molecule has 0 amide bonds. The normalized spacial score (nSPS) is 15.2. The molecule has 1 aromatic rings. The van der Waals surface area contributed by atoms with E-state index in [0.717, 1.165) is 0 Å². The van der Waals surface area contributed by atoms with E-state index < -0.39 is 17.9 Å². The fraction of sp³-hybridized carbons (Fsp3) is 0.400. The number of aromatic nitrogens is 1. The summed E-state index contributed by atoms with van der Waals surface area (Å²) >= 11 is 0. The lowest BCUT2D eigenvalue weighted by Gasteiger charge is -2.24. The highest BCUT2D eigenvalue weighted by Gasteiger charge is 2.21. The van der Waals surface area contributed by atoms with Crippen molar-refractivity contribution in [3.05, 3.63) is 42.5 Å². The Balaban J connectivity index is 1.66. The van der Waals surface area contributed by atoms with Crippen molar-refractivity contribution in [2.24, 2.45) is 0 Å². The first-order valence-corrected chi connectivity index (χ1v) is 9.89. The summed E-state index contributed by atoms with van der Waals surface area (Å²) in [7, 11) is 0. The molecule has 3 N–H and O–H groups in total. The van der Waals surface area contributed by atoms with Crippen molar-refractivity contribution >= 4 is 29.5 Å². The molecule has 0 atom stereocenters. The lowest BCUT2D eigenvalue weighted by Crippen LogP contribution is -2.29. The molecule has 166 valence electrons. The fourth-order valence-corrected chi connectivity index (χ4v) is 3.30. The van der Waals surface area contributed by atoms with Crippen molar-refractivity contribution in [2.75, 3.05) is 36.2 Å². The number of carboxylic acids is 3. The third-order valence-corrected chi connectivity index (χ3v) is 4.89. The number of pyridine rings is 1. The van der Waals surface area contributed by atoms with Crippen LogP contribution in [0.1, 0.15) is 36.0 Å². The number of aliphatic carboxylic acids is 2. The standard InChI is InChI=1S/C20H25N5O6/c26-18(27)3-1-5-22-7-9-24(13-22)16-11-15(20(30)31)12-17(21-16)25-10-8-23(14-25)6-2-4-19(28)29/h7-12H,1-6,13-14H2,(H,26,27)(H,28,29)(H,30,31). The molecule has 0 aromatic carbocycles. The van der Waals surface area contributed by atoms with Crippen molar-refractivity contribution in [1.82, 2.24) is 14.8 Å². The highest BCUT2D eigenvalue weighted by atomic mass is 16.4. The quantitative estimate of drug-likeness (QED) is 0.471. The molecule has 2 aliphatic rings. The van der Waals surface area contributed by atoms with E-state index in [2.05, 4.69) is 4.98 Å². The second-order valence-electron chi connectivity index (χ2n) is 7.32. The van der Waals surface area contributed by atoms with Gasteiger partial charge < -0.3 is 34.9 Å². The number of hydrogen-bond acceptors (Lipinski definition) is 8. The smallest absolute Gasteiger partial charge is 0.335 e. The third kappa shape index (κ3) is 6.11. The molecule has 11 heteroatoms. The predicted octanol–water partition coefficient (Wildman–Crippen LogP) is 1.61. The van der Waals surface area contributed by atoms with Crippen molar-refractivity contribution < 1.29 is 29.7 Å². The molecule has 1 aromatic heterocycles. The van der Waals surface area contributed by atoms with E-state index in [0.29, 0.717) is 50.9 Å². The van der Waals surface area contributed by atoms with E-state index in [1.807, 2.05) is 22.2 Å². The van der Waals surface area contributed by atoms with Crippen LogP contribution >= 0.6 is 0 Å². The molecule has 0 saturated carbocycles. The highest BCUT2D eigenvalue weighted by Crippen LogP contribution is 2.26. The minimum atomic E-state index is -1.06. The Kier molecular flexibility index (Phi) is 6.96. The fourth-order valence-electron chi connectivity index (χ4n) is 3.30. The van der Waals surface area contributed by atoms with Gasteiger partial charge in [-0.25, -0.2) is 9.78 Å². The van der Waals surface area contributed by atoms with Crippen LogP contribution in [0, 0.1) is 0 Å². The van der Waals surface area contributed by atoms with Crippen LogP contribution in [-0.4, -0.2) is 74.4 Å². The number of carboxylic acid groups (broad SMARTS) is 3. The number of nitrogens with zero attached hydrogens (tertiary/aromatic N) is 5. The van der Waals surface area contributed by atoms with Crippen LogP contribution in [-0.2, 0) is 9.59 Å². The van der Waals surface area contributed by atoms with Crippen LogP contribution in [0.25, 0.3) is 0 Å². The van der Waals surface area contributed by atoms with Crippen molar-refractivity contribution in [3.8, 4) is 0 Å². The van der Waals surface area contributed by atoms with Crippen LogP contribution in [0.2, 0.25) is 0 Å². The molecular formula is C20H25N5O6. The maximum atomic E-state index is 11.6. The zero-order chi connectivity index (χ0) is 22.4. The SMILES string of the molecule is O=C(O)CCCN1C=CN(c2cc(C(=O)O)cc(N3C=CN(CCCC(=O)O)C3)n2)C1. The van der Waals surface area contributed by atoms with Crippen LogP contribution in [0.4, 0.5) is 11.6 Å². The number of hydrogen-bond donors (Lipinski definition) is 3. The number of carbonyl (C=O) groups is 3. The second-order valence-corrected chi connectivity index (χ2v) is 7.32. The average Bonchev–Trinajstić information content (AvgIpc) is 3.37. The Bertz CT molecular complexity index is 840. The van der Waals surface area contributed by atoms with E-state index in [9.17, 15) is 19.5 Å². The summed E-state index contributed by atoms with van der Waals surface area (Å²) in [5, 5.41) is 27.1. The zero-order valence-corrected chi connectivity index (χ0v) is 16.9. The summed E-state index contributed by atoms with van der Waals surface area (Å²) in [4.78, 5) is 45.1. The van der Waals surface area contributed by atoms with E-state index in [1.54, 1.807) is 22.2 Å². The summed E-state index contributed by atoms with van der Waals surface area (Å²) in [6, 6.07) is 3.00. The minimum absolute atomic E-state index is 0.0888. The molecule has 0 spiro atoms. The third-order valence-electron chi connectivity index (χ3n) is 4.89. The van der Waals surface area contributed by atoms with Crippen molar-refractivity contribution in [3.63, 3.8) is 0 Å². The number of anilines is 2. The molecule has 0 aliphatic carbocycles. The van der Waals surface area contributed by atoms with Gasteiger partial charge in [0.2, 0.25) is 0 Å². The molecule has 0 bridgehead atoms. The molecule has 3 heterocycles. The maximum absolute atomic E-state index is 11.6. The van der Waals surface area contributed by atoms with Gasteiger partial charge in [0.15, 0.2) is 0 Å². The summed E-state index contributed by atoms with van der Waals surface area (Å²) in [5.41, 5.74) is 0.107. The summed E-state index contributed by atoms with van der Waals surface area (Å²) in [6.07, 6.45) is 8.44. The van der Waals surface area contributed by atoms with Gasteiger partial charge in [-0.05, 0) is 25.0 Å². The Hall–Kier alpha value is -3.76. The molecule has 31 heavy (non-hydrogen) atoms. The Morgan fingerprint density at radius 3 is 1.61 bits per heavy atom. The topological polar surface area (TPSA) is 138 Å². The average molecular weight is 431 g/mol. The lowest BCUT2D eigenvalue weighted by atomic mass is 10.2. The molecule has 0 saturated heterocycles. The zero-order valence-electron chi connectivity index (χ0n) is 16.9. The summed E-state index contributed by atoms with van der Waals surface area (Å²) < 4.78 is 0. The van der Waals surface area contributed by atoms with E-state index >= 15 is 0 Å². The van der Waals surface area contributed by atoms with Gasteiger partial charge in [-0.3, -0.25) is 9.59 Å².